The first-order valence-electron chi connectivity index (χ1n) is 7.95. The van der Waals surface area contributed by atoms with Crippen LogP contribution in [0.5, 0.6) is 0 Å². The molecule has 2 N–H and O–H groups in total. The van der Waals surface area contributed by atoms with Gasteiger partial charge in [0.15, 0.2) is 0 Å². The molecule has 0 radical (unpaired) electrons. The standard InChI is InChI=1S/C15H29N3O2/c1-3-5-9-17-15(20)13-6-10-18(11-7-13)14(19)12-16-8-4-2/h13,16H,3-12H2,1-2H3,(H,17,20). The molecule has 1 aliphatic heterocycles. The van der Waals surface area contributed by atoms with Crippen LogP contribution in [0.3, 0.4) is 0 Å². The highest BCUT2D eigenvalue weighted by Gasteiger charge is 2.26. The maximum Gasteiger partial charge on any atom is 0.236 e. The van der Waals surface area contributed by atoms with E-state index < -0.39 is 0 Å². The third-order valence-electron chi connectivity index (χ3n) is 3.75. The highest BCUT2D eigenvalue weighted by atomic mass is 16.2. The molecule has 1 rings (SSSR count). The smallest absolute Gasteiger partial charge is 0.236 e. The molecule has 5 nitrogen and oxygen atoms in total. The van der Waals surface area contributed by atoms with Crippen molar-refractivity contribution in [3.8, 4) is 0 Å². The Balaban J connectivity index is 2.21. The van der Waals surface area contributed by atoms with Gasteiger partial charge in [-0.05, 0) is 32.2 Å². The monoisotopic (exact) mass is 283 g/mol. The van der Waals surface area contributed by atoms with Crippen LogP contribution in [0.25, 0.3) is 0 Å². The normalized spacial score (nSPS) is 16.2. The Morgan fingerprint density at radius 3 is 2.40 bits per heavy atom. The Morgan fingerprint density at radius 2 is 1.80 bits per heavy atom. The van der Waals surface area contributed by atoms with Gasteiger partial charge in [0.2, 0.25) is 11.8 Å². The SMILES string of the molecule is CCCCNC(=O)C1CCN(C(=O)CNCCC)CC1. The van der Waals surface area contributed by atoms with Crippen molar-refractivity contribution in [2.45, 2.75) is 46.0 Å². The molecule has 1 fully saturated rings. The van der Waals surface area contributed by atoms with E-state index in [1.807, 2.05) is 4.90 Å². The second kappa shape index (κ2) is 9.75. The van der Waals surface area contributed by atoms with Gasteiger partial charge in [0.1, 0.15) is 0 Å². The zero-order chi connectivity index (χ0) is 14.8. The average Bonchev–Trinajstić information content (AvgIpc) is 2.47. The van der Waals surface area contributed by atoms with Gasteiger partial charge in [-0.15, -0.1) is 0 Å². The van der Waals surface area contributed by atoms with Crippen LogP contribution in [0.4, 0.5) is 0 Å². The van der Waals surface area contributed by atoms with E-state index in [0.29, 0.717) is 19.6 Å². The van der Waals surface area contributed by atoms with Crippen molar-refractivity contribution in [3.05, 3.63) is 0 Å². The molecule has 0 unspecified atom stereocenters. The summed E-state index contributed by atoms with van der Waals surface area (Å²) in [5, 5.41) is 6.11. The minimum absolute atomic E-state index is 0.0829. The van der Waals surface area contributed by atoms with E-state index in [-0.39, 0.29) is 17.7 Å². The number of piperidine rings is 1. The van der Waals surface area contributed by atoms with E-state index in [0.717, 1.165) is 45.2 Å². The second-order valence-electron chi connectivity index (χ2n) is 5.48. The van der Waals surface area contributed by atoms with E-state index in [2.05, 4.69) is 24.5 Å². The predicted molar refractivity (Wildman–Crippen MR) is 80.4 cm³/mol. The molecule has 116 valence electrons. The van der Waals surface area contributed by atoms with Gasteiger partial charge in [-0.3, -0.25) is 9.59 Å². The van der Waals surface area contributed by atoms with Crippen LogP contribution in [0, 0.1) is 5.92 Å². The van der Waals surface area contributed by atoms with Crippen LogP contribution in [0.2, 0.25) is 0 Å². The fraction of sp³-hybridized carbons (Fsp3) is 0.867. The molecule has 20 heavy (non-hydrogen) atoms. The lowest BCUT2D eigenvalue weighted by atomic mass is 9.96. The molecule has 0 atom stereocenters. The van der Waals surface area contributed by atoms with Gasteiger partial charge in [0, 0.05) is 25.6 Å². The van der Waals surface area contributed by atoms with E-state index in [4.69, 9.17) is 0 Å². The number of unbranched alkanes of at least 4 members (excludes halogenated alkanes) is 1. The lowest BCUT2D eigenvalue weighted by molar-refractivity contribution is -0.134. The summed E-state index contributed by atoms with van der Waals surface area (Å²) in [6.07, 6.45) is 4.74. The van der Waals surface area contributed by atoms with Gasteiger partial charge < -0.3 is 15.5 Å². The third-order valence-corrected chi connectivity index (χ3v) is 3.75. The molecular formula is C15H29N3O2. The zero-order valence-electron chi connectivity index (χ0n) is 12.9. The van der Waals surface area contributed by atoms with Crippen molar-refractivity contribution in [3.63, 3.8) is 0 Å². The summed E-state index contributed by atoms with van der Waals surface area (Å²) in [6, 6.07) is 0. The minimum atomic E-state index is 0.0829. The number of hydrogen-bond acceptors (Lipinski definition) is 3. The Bertz CT molecular complexity index is 269. The number of carbonyl (C=O) groups is 2. The summed E-state index contributed by atoms with van der Waals surface area (Å²) in [5.74, 6) is 0.400. The highest BCUT2D eigenvalue weighted by molar-refractivity contribution is 5.80. The number of likely N-dealkylation sites (tertiary alicyclic amines) is 1. The Morgan fingerprint density at radius 1 is 1.10 bits per heavy atom. The largest absolute Gasteiger partial charge is 0.356 e. The van der Waals surface area contributed by atoms with E-state index in [1.165, 1.54) is 0 Å². The maximum atomic E-state index is 11.9. The van der Waals surface area contributed by atoms with Crippen molar-refractivity contribution >= 4 is 11.8 Å². The highest BCUT2D eigenvalue weighted by Crippen LogP contribution is 2.17. The number of hydrogen-bond donors (Lipinski definition) is 2. The lowest BCUT2D eigenvalue weighted by Gasteiger charge is -2.31. The molecule has 2 amide bonds. The number of rotatable bonds is 8. The first-order valence-corrected chi connectivity index (χ1v) is 7.95. The number of amides is 2. The van der Waals surface area contributed by atoms with Gasteiger partial charge in [0.25, 0.3) is 0 Å². The summed E-state index contributed by atoms with van der Waals surface area (Å²) in [7, 11) is 0. The third kappa shape index (κ3) is 5.90. The van der Waals surface area contributed by atoms with Crippen LogP contribution >= 0.6 is 0 Å². The first-order chi connectivity index (χ1) is 9.69. The topological polar surface area (TPSA) is 61.4 Å². The summed E-state index contributed by atoms with van der Waals surface area (Å²) in [5.41, 5.74) is 0. The molecular weight excluding hydrogens is 254 g/mol. The number of nitrogens with one attached hydrogen (secondary N) is 2. The Kier molecular flexibility index (Phi) is 8.26. The van der Waals surface area contributed by atoms with Crippen LogP contribution in [-0.2, 0) is 9.59 Å². The van der Waals surface area contributed by atoms with Gasteiger partial charge in [-0.2, -0.15) is 0 Å². The summed E-state index contributed by atoms with van der Waals surface area (Å²) < 4.78 is 0. The number of carbonyl (C=O) groups excluding carboxylic acids is 2. The maximum absolute atomic E-state index is 11.9. The quantitative estimate of drug-likeness (QED) is 0.657. The molecule has 1 saturated heterocycles. The van der Waals surface area contributed by atoms with E-state index in [1.54, 1.807) is 0 Å². The molecule has 1 aliphatic rings. The summed E-state index contributed by atoms with van der Waals surface area (Å²) in [6.45, 7) is 7.68. The molecule has 0 spiro atoms. The van der Waals surface area contributed by atoms with Crippen LogP contribution in [0.15, 0.2) is 0 Å². The molecule has 5 heteroatoms. The van der Waals surface area contributed by atoms with Crippen molar-refractivity contribution in [2.75, 3.05) is 32.7 Å². The summed E-state index contributed by atoms with van der Waals surface area (Å²) in [4.78, 5) is 25.7. The van der Waals surface area contributed by atoms with Crippen LogP contribution in [-0.4, -0.2) is 49.4 Å². The summed E-state index contributed by atoms with van der Waals surface area (Å²) >= 11 is 0. The molecule has 0 aromatic rings. The number of nitrogens with zero attached hydrogens (tertiary/aromatic N) is 1. The van der Waals surface area contributed by atoms with Crippen molar-refractivity contribution in [1.29, 1.82) is 0 Å². The minimum Gasteiger partial charge on any atom is -0.356 e. The molecule has 1 heterocycles. The first kappa shape index (κ1) is 17.0. The van der Waals surface area contributed by atoms with Gasteiger partial charge in [0.05, 0.1) is 6.54 Å². The average molecular weight is 283 g/mol. The zero-order valence-corrected chi connectivity index (χ0v) is 12.9. The van der Waals surface area contributed by atoms with Crippen LogP contribution < -0.4 is 10.6 Å². The molecule has 0 aromatic carbocycles. The molecule has 0 aliphatic carbocycles. The Labute approximate surface area is 122 Å². The van der Waals surface area contributed by atoms with E-state index >= 15 is 0 Å². The molecule has 0 bridgehead atoms. The van der Waals surface area contributed by atoms with Crippen molar-refractivity contribution in [2.24, 2.45) is 5.92 Å². The van der Waals surface area contributed by atoms with Gasteiger partial charge in [-0.25, -0.2) is 0 Å². The molecule has 0 aromatic heterocycles. The fourth-order valence-electron chi connectivity index (χ4n) is 2.41. The van der Waals surface area contributed by atoms with Crippen molar-refractivity contribution in [1.82, 2.24) is 15.5 Å². The fourth-order valence-corrected chi connectivity index (χ4v) is 2.41. The van der Waals surface area contributed by atoms with Crippen LogP contribution in [0.1, 0.15) is 46.0 Å². The van der Waals surface area contributed by atoms with Crippen molar-refractivity contribution < 1.29 is 9.59 Å². The second-order valence-corrected chi connectivity index (χ2v) is 5.48. The van der Waals surface area contributed by atoms with Gasteiger partial charge >= 0.3 is 0 Å². The Hall–Kier alpha value is -1.10. The predicted octanol–water partition coefficient (Wildman–Crippen LogP) is 1.14. The lowest BCUT2D eigenvalue weighted by Crippen LogP contribution is -2.45. The van der Waals surface area contributed by atoms with E-state index in [9.17, 15) is 9.59 Å². The van der Waals surface area contributed by atoms with Gasteiger partial charge in [-0.1, -0.05) is 20.3 Å². The molecule has 0 saturated carbocycles.